The third kappa shape index (κ3) is 3.22. The molecule has 2 heterocycles. The van der Waals surface area contributed by atoms with E-state index in [1.54, 1.807) is 13.8 Å². The van der Waals surface area contributed by atoms with Gasteiger partial charge in [0.05, 0.1) is 18.3 Å². The van der Waals surface area contributed by atoms with Gasteiger partial charge < -0.3 is 39.7 Å². The summed E-state index contributed by atoms with van der Waals surface area (Å²) in [7, 11) is 0. The fourth-order valence-corrected chi connectivity index (χ4v) is 2.72. The molecule has 2 rings (SSSR count). The molecule has 0 aromatic heterocycles. The van der Waals surface area contributed by atoms with Crippen molar-refractivity contribution in [2.75, 3.05) is 0 Å². The normalized spacial score (nSPS) is 55.4. The number of ether oxygens (including phenoxy) is 3. The third-order valence-corrected chi connectivity index (χ3v) is 4.16. The first kappa shape index (κ1) is 17.0. The van der Waals surface area contributed by atoms with Crippen molar-refractivity contribution in [1.29, 1.82) is 0 Å². The van der Waals surface area contributed by atoms with Crippen molar-refractivity contribution < 1.29 is 39.7 Å². The van der Waals surface area contributed by atoms with Crippen LogP contribution in [-0.4, -0.2) is 86.8 Å². The first-order valence-electron chi connectivity index (χ1n) is 7.10. The van der Waals surface area contributed by atoms with E-state index in [0.29, 0.717) is 0 Å². The van der Waals surface area contributed by atoms with Gasteiger partial charge in [-0.1, -0.05) is 0 Å². The van der Waals surface area contributed by atoms with Crippen LogP contribution >= 0.6 is 0 Å². The molecule has 0 saturated carbocycles. The van der Waals surface area contributed by atoms with Gasteiger partial charge in [0.25, 0.3) is 0 Å². The Morgan fingerprint density at radius 2 is 1.14 bits per heavy atom. The maximum Gasteiger partial charge on any atom is 0.187 e. The fourth-order valence-electron chi connectivity index (χ4n) is 2.72. The number of hydrogen-bond acceptors (Lipinski definition) is 8. The van der Waals surface area contributed by atoms with E-state index in [2.05, 4.69) is 0 Å². The van der Waals surface area contributed by atoms with Gasteiger partial charge in [-0.2, -0.15) is 0 Å². The Bertz CT molecular complexity index is 353. The van der Waals surface area contributed by atoms with Crippen molar-refractivity contribution in [3.05, 3.63) is 0 Å². The zero-order valence-electron chi connectivity index (χ0n) is 12.2. The largest absolute Gasteiger partial charge is 0.388 e. The van der Waals surface area contributed by atoms with Crippen LogP contribution in [0, 0.1) is 0 Å². The Balaban J connectivity index is 2.06. The van der Waals surface area contributed by atoms with Crippen LogP contribution in [0.2, 0.25) is 0 Å². The zero-order chi connectivity index (χ0) is 15.9. The molecule has 8 nitrogen and oxygen atoms in total. The lowest BCUT2D eigenvalue weighted by Gasteiger charge is -2.45. The second kappa shape index (κ2) is 6.43. The molecule has 8 heteroatoms. The van der Waals surface area contributed by atoms with Gasteiger partial charge in [0.15, 0.2) is 6.29 Å². The Kier molecular flexibility index (Phi) is 5.22. The average Bonchev–Trinajstić information content (AvgIpc) is 2.44. The van der Waals surface area contributed by atoms with Crippen LogP contribution in [0.4, 0.5) is 0 Å². The molecule has 10 atom stereocenters. The molecule has 0 aromatic rings. The zero-order valence-corrected chi connectivity index (χ0v) is 12.2. The van der Waals surface area contributed by atoms with Gasteiger partial charge in [0, 0.05) is 0 Å². The van der Waals surface area contributed by atoms with Crippen molar-refractivity contribution in [1.82, 2.24) is 0 Å². The van der Waals surface area contributed by atoms with Gasteiger partial charge in [0.1, 0.15) is 36.6 Å². The van der Waals surface area contributed by atoms with E-state index >= 15 is 0 Å². The molecule has 7 unspecified atom stereocenters. The predicted octanol–water partition coefficient (Wildman–Crippen LogP) is -2.27. The first-order valence-corrected chi connectivity index (χ1v) is 7.10. The molecule has 5 N–H and O–H groups in total. The molecule has 0 spiro atoms. The van der Waals surface area contributed by atoms with E-state index in [0.717, 1.165) is 0 Å². The topological polar surface area (TPSA) is 129 Å². The lowest BCUT2D eigenvalue weighted by atomic mass is 9.95. The SMILES string of the molecule is CC1OC(C)[C@H](O)C(O)C1O[C@H]1OC(C)[C@H](O)C(O)C1O. The molecule has 2 saturated heterocycles. The summed E-state index contributed by atoms with van der Waals surface area (Å²) in [6, 6.07) is 0. The second-order valence-electron chi connectivity index (χ2n) is 5.81. The Morgan fingerprint density at radius 3 is 1.76 bits per heavy atom. The van der Waals surface area contributed by atoms with Crippen molar-refractivity contribution in [3.63, 3.8) is 0 Å². The monoisotopic (exact) mass is 308 g/mol. The molecule has 2 aliphatic rings. The molecule has 124 valence electrons. The van der Waals surface area contributed by atoms with Crippen LogP contribution in [0.3, 0.4) is 0 Å². The summed E-state index contributed by atoms with van der Waals surface area (Å²) >= 11 is 0. The summed E-state index contributed by atoms with van der Waals surface area (Å²) in [5, 5.41) is 49.2. The Labute approximate surface area is 122 Å². The second-order valence-corrected chi connectivity index (χ2v) is 5.81. The molecule has 0 aromatic carbocycles. The van der Waals surface area contributed by atoms with Crippen LogP contribution in [-0.2, 0) is 14.2 Å². The van der Waals surface area contributed by atoms with Crippen molar-refractivity contribution in [2.45, 2.75) is 82.0 Å². The average molecular weight is 308 g/mol. The van der Waals surface area contributed by atoms with Gasteiger partial charge in [-0.05, 0) is 20.8 Å². The molecule has 0 amide bonds. The van der Waals surface area contributed by atoms with Crippen LogP contribution in [0.5, 0.6) is 0 Å². The van der Waals surface area contributed by atoms with E-state index < -0.39 is 61.2 Å². The maximum absolute atomic E-state index is 10.1. The lowest BCUT2D eigenvalue weighted by Crippen LogP contribution is -2.62. The molecule has 0 bridgehead atoms. The van der Waals surface area contributed by atoms with Crippen LogP contribution in [0.15, 0.2) is 0 Å². The predicted molar refractivity (Wildman–Crippen MR) is 69.3 cm³/mol. The third-order valence-electron chi connectivity index (χ3n) is 4.16. The highest BCUT2D eigenvalue weighted by Crippen LogP contribution is 2.28. The molecule has 21 heavy (non-hydrogen) atoms. The summed E-state index contributed by atoms with van der Waals surface area (Å²) in [6.07, 6.45) is -10.4. The van der Waals surface area contributed by atoms with E-state index in [9.17, 15) is 25.5 Å². The van der Waals surface area contributed by atoms with E-state index in [4.69, 9.17) is 14.2 Å². The van der Waals surface area contributed by atoms with Crippen LogP contribution in [0.25, 0.3) is 0 Å². The molecular formula is C13H24O8. The summed E-state index contributed by atoms with van der Waals surface area (Å²) in [4.78, 5) is 0. The summed E-state index contributed by atoms with van der Waals surface area (Å²) < 4.78 is 16.3. The van der Waals surface area contributed by atoms with Gasteiger partial charge >= 0.3 is 0 Å². The molecule has 0 radical (unpaired) electrons. The first-order chi connectivity index (χ1) is 9.73. The standard InChI is InChI=1S/C13H24O8/c1-4-8(15)10(17)12(6(3)19-4)21-13-11(18)9(16)7(14)5(2)20-13/h4-18H,1-3H3/t4?,5?,6?,7-,8-,9?,10?,11?,12?,13+/m0/s1. The van der Waals surface area contributed by atoms with Gasteiger partial charge in [-0.3, -0.25) is 0 Å². The number of aliphatic hydroxyl groups is 5. The quantitative estimate of drug-likeness (QED) is 0.386. The minimum Gasteiger partial charge on any atom is -0.388 e. The lowest BCUT2D eigenvalue weighted by molar-refractivity contribution is -0.333. The maximum atomic E-state index is 10.1. The highest BCUT2D eigenvalue weighted by atomic mass is 16.7. The number of hydrogen-bond donors (Lipinski definition) is 5. The van der Waals surface area contributed by atoms with Crippen LogP contribution in [0.1, 0.15) is 20.8 Å². The van der Waals surface area contributed by atoms with E-state index in [1.807, 2.05) is 0 Å². The highest BCUT2D eigenvalue weighted by molar-refractivity contribution is 4.93. The fraction of sp³-hybridized carbons (Fsp3) is 1.00. The molecular weight excluding hydrogens is 284 g/mol. The molecule has 2 aliphatic heterocycles. The van der Waals surface area contributed by atoms with Crippen molar-refractivity contribution >= 4 is 0 Å². The van der Waals surface area contributed by atoms with Crippen molar-refractivity contribution in [3.8, 4) is 0 Å². The number of rotatable bonds is 2. The summed E-state index contributed by atoms with van der Waals surface area (Å²) in [6.45, 7) is 4.83. The smallest absolute Gasteiger partial charge is 0.187 e. The molecule has 0 aliphatic carbocycles. The van der Waals surface area contributed by atoms with Gasteiger partial charge in [-0.25, -0.2) is 0 Å². The number of aliphatic hydroxyl groups excluding tert-OH is 5. The van der Waals surface area contributed by atoms with Crippen molar-refractivity contribution in [2.24, 2.45) is 0 Å². The highest BCUT2D eigenvalue weighted by Gasteiger charge is 2.47. The Morgan fingerprint density at radius 1 is 0.619 bits per heavy atom. The van der Waals surface area contributed by atoms with E-state index in [1.165, 1.54) is 6.92 Å². The van der Waals surface area contributed by atoms with E-state index in [-0.39, 0.29) is 0 Å². The van der Waals surface area contributed by atoms with Crippen LogP contribution < -0.4 is 0 Å². The minimum absolute atomic E-state index is 0.534. The summed E-state index contributed by atoms with van der Waals surface area (Å²) in [5.41, 5.74) is 0. The van der Waals surface area contributed by atoms with Gasteiger partial charge in [-0.15, -0.1) is 0 Å². The Hall–Kier alpha value is -0.320. The minimum atomic E-state index is -1.47. The summed E-state index contributed by atoms with van der Waals surface area (Å²) in [5.74, 6) is 0. The molecule has 2 fully saturated rings. The van der Waals surface area contributed by atoms with Gasteiger partial charge in [0.2, 0.25) is 0 Å².